The minimum atomic E-state index is -0.808. The number of rotatable bonds is 3. The second kappa shape index (κ2) is 5.81. The van der Waals surface area contributed by atoms with Crippen molar-refractivity contribution in [1.29, 1.82) is 0 Å². The average Bonchev–Trinajstić information content (AvgIpc) is 2.38. The maximum absolute atomic E-state index is 11.7. The van der Waals surface area contributed by atoms with Crippen LogP contribution in [0.4, 0.5) is 5.69 Å². The fourth-order valence-electron chi connectivity index (χ4n) is 2.44. The predicted molar refractivity (Wildman–Crippen MR) is 86.1 cm³/mol. The quantitative estimate of drug-likeness (QED) is 0.803. The van der Waals surface area contributed by atoms with E-state index < -0.39 is 9.04 Å². The molecule has 1 aliphatic rings. The first kappa shape index (κ1) is 16.0. The van der Waals surface area contributed by atoms with E-state index in [2.05, 4.69) is 33.9 Å². The molecule has 4 nitrogen and oxygen atoms in total. The Labute approximate surface area is 128 Å². The number of carbonyl (C=O) groups is 1. The first-order valence-electron chi connectivity index (χ1n) is 7.20. The number of benzene rings is 1. The number of likely N-dealkylation sites (N-methyl/N-ethyl adjacent to an activating group) is 1. The van der Waals surface area contributed by atoms with E-state index in [1.54, 1.807) is 11.9 Å². The summed E-state index contributed by atoms with van der Waals surface area (Å²) in [5.41, 5.74) is 1.93. The lowest BCUT2D eigenvalue weighted by Gasteiger charge is -2.34. The van der Waals surface area contributed by atoms with E-state index >= 15 is 0 Å². The summed E-state index contributed by atoms with van der Waals surface area (Å²) in [7, 11) is 0.970. The highest BCUT2D eigenvalue weighted by molar-refractivity contribution is 6.48. The molecule has 1 atom stereocenters. The third kappa shape index (κ3) is 3.47. The summed E-state index contributed by atoms with van der Waals surface area (Å²) in [4.78, 5) is 13.3. The first-order valence-corrected chi connectivity index (χ1v) is 9.61. The summed E-state index contributed by atoms with van der Waals surface area (Å²) in [5, 5.41) is 0. The zero-order valence-corrected chi connectivity index (χ0v) is 14.7. The number of carbonyl (C=O) groups excluding carboxylic acids is 1. The third-order valence-corrected chi connectivity index (χ3v) is 4.22. The Morgan fingerprint density at radius 2 is 2.00 bits per heavy atom. The molecule has 0 spiro atoms. The van der Waals surface area contributed by atoms with E-state index in [0.717, 1.165) is 17.0 Å². The molecule has 2 rings (SSSR count). The number of fused-ring (bicyclic) bond motifs is 1. The molecule has 5 heteroatoms. The van der Waals surface area contributed by atoms with Crippen LogP contribution in [0.3, 0.4) is 0 Å². The zero-order chi connectivity index (χ0) is 15.8. The van der Waals surface area contributed by atoms with Crippen LogP contribution < -0.4 is 9.64 Å². The molecule has 0 aromatic heterocycles. The normalized spacial score (nSPS) is 16.7. The molecule has 0 fully saturated rings. The maximum Gasteiger partial charge on any atom is 0.264 e. The van der Waals surface area contributed by atoms with E-state index in [4.69, 9.17) is 9.16 Å². The SMILES string of the molecule is CN1C(=O)COc2cc(C(O[Si](C)C)C(C)(C)C)ccc21. The van der Waals surface area contributed by atoms with Gasteiger partial charge in [-0.3, -0.25) is 4.79 Å². The third-order valence-electron chi connectivity index (χ3n) is 3.51. The lowest BCUT2D eigenvalue weighted by Crippen LogP contribution is -2.35. The Morgan fingerprint density at radius 1 is 1.33 bits per heavy atom. The zero-order valence-electron chi connectivity index (χ0n) is 13.7. The molecule has 0 bridgehead atoms. The number of nitrogens with zero attached hydrogens (tertiary/aromatic N) is 1. The van der Waals surface area contributed by atoms with Gasteiger partial charge in [-0.05, 0) is 36.2 Å². The molecule has 21 heavy (non-hydrogen) atoms. The predicted octanol–water partition coefficient (Wildman–Crippen LogP) is 3.40. The van der Waals surface area contributed by atoms with E-state index in [0.29, 0.717) is 0 Å². The largest absolute Gasteiger partial charge is 0.482 e. The van der Waals surface area contributed by atoms with Gasteiger partial charge < -0.3 is 14.1 Å². The van der Waals surface area contributed by atoms with Crippen molar-refractivity contribution in [2.75, 3.05) is 18.6 Å². The van der Waals surface area contributed by atoms with Gasteiger partial charge in [-0.2, -0.15) is 0 Å². The minimum Gasteiger partial charge on any atom is -0.482 e. The first-order chi connectivity index (χ1) is 9.70. The molecule has 1 aromatic carbocycles. The summed E-state index contributed by atoms with van der Waals surface area (Å²) in [6.07, 6.45) is 0.0261. The molecular weight excluding hydrogens is 282 g/mol. The molecule has 0 N–H and O–H groups in total. The molecule has 1 amide bonds. The molecule has 1 radical (unpaired) electrons. The Morgan fingerprint density at radius 3 is 2.57 bits per heavy atom. The fourth-order valence-corrected chi connectivity index (χ4v) is 3.40. The second-order valence-electron chi connectivity index (χ2n) is 6.74. The van der Waals surface area contributed by atoms with E-state index in [1.807, 2.05) is 18.2 Å². The van der Waals surface area contributed by atoms with E-state index in [-0.39, 0.29) is 24.0 Å². The summed E-state index contributed by atoms with van der Waals surface area (Å²) in [5.74, 6) is 0.736. The smallest absolute Gasteiger partial charge is 0.264 e. The van der Waals surface area contributed by atoms with Gasteiger partial charge in [0.25, 0.3) is 5.91 Å². The molecular formula is C16H24NO3Si. The van der Waals surface area contributed by atoms with E-state index in [9.17, 15) is 4.79 Å². The second-order valence-corrected chi connectivity index (χ2v) is 8.79. The van der Waals surface area contributed by atoms with Crippen LogP contribution in [0.25, 0.3) is 0 Å². The van der Waals surface area contributed by atoms with Gasteiger partial charge in [-0.15, -0.1) is 0 Å². The van der Waals surface area contributed by atoms with E-state index in [1.165, 1.54) is 0 Å². The average molecular weight is 306 g/mol. The number of ether oxygens (including phenoxy) is 1. The van der Waals surface area contributed by atoms with Gasteiger partial charge in [-0.25, -0.2) is 0 Å². The van der Waals surface area contributed by atoms with Crippen LogP contribution in [0.1, 0.15) is 32.4 Å². The standard InChI is InChI=1S/C16H24NO3Si/c1-16(2,3)15(20-21(5)6)11-7-8-12-13(9-11)19-10-14(18)17(12)4/h7-9,15H,10H2,1-6H3. The van der Waals surface area contributed by atoms with Gasteiger partial charge in [0.1, 0.15) is 5.75 Å². The highest BCUT2D eigenvalue weighted by atomic mass is 28.3. The molecule has 1 aliphatic heterocycles. The fraction of sp³-hybridized carbons (Fsp3) is 0.562. The molecule has 1 aromatic rings. The molecule has 115 valence electrons. The molecule has 1 heterocycles. The van der Waals surface area contributed by atoms with Crippen molar-refractivity contribution in [3.05, 3.63) is 23.8 Å². The summed E-state index contributed by atoms with van der Waals surface area (Å²) in [6, 6.07) is 6.00. The topological polar surface area (TPSA) is 38.8 Å². The lowest BCUT2D eigenvalue weighted by atomic mass is 9.84. The minimum absolute atomic E-state index is 0.00651. The lowest BCUT2D eigenvalue weighted by molar-refractivity contribution is -0.120. The maximum atomic E-state index is 11.7. The van der Waals surface area contributed by atoms with Gasteiger partial charge in [-0.1, -0.05) is 26.8 Å². The van der Waals surface area contributed by atoms with Gasteiger partial charge in [0.2, 0.25) is 9.04 Å². The Hall–Kier alpha value is -1.33. The van der Waals surface area contributed by atoms with Crippen molar-refractivity contribution in [2.24, 2.45) is 5.41 Å². The van der Waals surface area contributed by atoms with Gasteiger partial charge in [0.05, 0.1) is 11.8 Å². The van der Waals surface area contributed by atoms with Crippen LogP contribution in [0.5, 0.6) is 5.75 Å². The number of amides is 1. The summed E-state index contributed by atoms with van der Waals surface area (Å²) >= 11 is 0. The van der Waals surface area contributed by atoms with Crippen LogP contribution in [0.2, 0.25) is 13.1 Å². The van der Waals surface area contributed by atoms with Crippen molar-refractivity contribution in [1.82, 2.24) is 0 Å². The van der Waals surface area contributed by atoms with Crippen LogP contribution in [0, 0.1) is 5.41 Å². The van der Waals surface area contributed by atoms with Crippen LogP contribution in [0.15, 0.2) is 18.2 Å². The Bertz CT molecular complexity index is 537. The molecule has 0 saturated carbocycles. The molecule has 0 saturated heterocycles. The molecule has 0 aliphatic carbocycles. The van der Waals surface area contributed by atoms with Crippen LogP contribution >= 0.6 is 0 Å². The Kier molecular flexibility index (Phi) is 4.44. The van der Waals surface area contributed by atoms with Crippen molar-refractivity contribution < 1.29 is 14.0 Å². The summed E-state index contributed by atoms with van der Waals surface area (Å²) in [6.45, 7) is 10.9. The van der Waals surface area contributed by atoms with Crippen molar-refractivity contribution >= 4 is 20.6 Å². The number of anilines is 1. The van der Waals surface area contributed by atoms with Crippen molar-refractivity contribution in [3.63, 3.8) is 0 Å². The van der Waals surface area contributed by atoms with Crippen LogP contribution in [-0.4, -0.2) is 28.6 Å². The van der Waals surface area contributed by atoms with Crippen molar-refractivity contribution in [2.45, 2.75) is 40.0 Å². The monoisotopic (exact) mass is 306 g/mol. The Balaban J connectivity index is 2.38. The molecule has 1 unspecified atom stereocenters. The van der Waals surface area contributed by atoms with Gasteiger partial charge >= 0.3 is 0 Å². The summed E-state index contributed by atoms with van der Waals surface area (Å²) < 4.78 is 11.8. The van der Waals surface area contributed by atoms with Gasteiger partial charge in [0, 0.05) is 7.05 Å². The van der Waals surface area contributed by atoms with Gasteiger partial charge in [0.15, 0.2) is 6.61 Å². The highest BCUT2D eigenvalue weighted by Crippen LogP contribution is 2.40. The van der Waals surface area contributed by atoms with Crippen LogP contribution in [-0.2, 0) is 9.22 Å². The number of hydrogen-bond acceptors (Lipinski definition) is 3. The van der Waals surface area contributed by atoms with Crippen molar-refractivity contribution in [3.8, 4) is 5.75 Å². The highest BCUT2D eigenvalue weighted by Gasteiger charge is 2.30. The number of hydrogen-bond donors (Lipinski definition) is 0.